The SMILES string of the molecule is COc1ccc(O[C@@H]2O[C@H](COC(C)=O)[C@H](OC(C)=O)[C@H](OC(C)=O)[C@H]2NOC(C)=O)cc1. The molecule has 12 nitrogen and oxygen atoms in total. The molecule has 1 saturated heterocycles. The largest absolute Gasteiger partial charge is 0.497 e. The number of esters is 3. The molecule has 1 aromatic rings. The van der Waals surface area contributed by atoms with Gasteiger partial charge in [0.15, 0.2) is 12.2 Å². The van der Waals surface area contributed by atoms with Crippen molar-refractivity contribution in [2.45, 2.75) is 58.3 Å². The zero-order chi connectivity index (χ0) is 24.5. The van der Waals surface area contributed by atoms with E-state index in [4.69, 9.17) is 33.3 Å². The lowest BCUT2D eigenvalue weighted by Gasteiger charge is -2.44. The predicted octanol–water partition coefficient (Wildman–Crippen LogP) is 0.662. The van der Waals surface area contributed by atoms with Crippen LogP contribution in [-0.4, -0.2) is 68.2 Å². The fourth-order valence-electron chi connectivity index (χ4n) is 3.07. The number of hydrogen-bond acceptors (Lipinski definition) is 12. The van der Waals surface area contributed by atoms with Crippen LogP contribution in [-0.2, 0) is 43.0 Å². The Hall–Kier alpha value is -3.38. The summed E-state index contributed by atoms with van der Waals surface area (Å²) in [5.41, 5.74) is 2.46. The highest BCUT2D eigenvalue weighted by Gasteiger charge is 2.52. The Balaban J connectivity index is 2.42. The van der Waals surface area contributed by atoms with Crippen LogP contribution in [0.2, 0.25) is 0 Å². The average molecular weight is 469 g/mol. The number of carbonyl (C=O) groups excluding carboxylic acids is 4. The zero-order valence-corrected chi connectivity index (χ0v) is 18.9. The van der Waals surface area contributed by atoms with E-state index in [0.29, 0.717) is 11.5 Å². The summed E-state index contributed by atoms with van der Waals surface area (Å²) in [6.07, 6.45) is -4.74. The Bertz CT molecular complexity index is 841. The number of nitrogens with one attached hydrogen (secondary N) is 1. The summed E-state index contributed by atoms with van der Waals surface area (Å²) in [6, 6.07) is 5.37. The van der Waals surface area contributed by atoms with Crippen molar-refractivity contribution < 1.29 is 52.4 Å². The lowest BCUT2D eigenvalue weighted by atomic mass is 9.96. The first-order valence-corrected chi connectivity index (χ1v) is 9.97. The summed E-state index contributed by atoms with van der Waals surface area (Å²) in [6.45, 7) is 4.34. The van der Waals surface area contributed by atoms with Gasteiger partial charge in [-0.05, 0) is 24.3 Å². The van der Waals surface area contributed by atoms with Crippen LogP contribution in [0.1, 0.15) is 27.7 Å². The molecule has 1 aromatic carbocycles. The van der Waals surface area contributed by atoms with E-state index < -0.39 is 54.5 Å². The minimum Gasteiger partial charge on any atom is -0.497 e. The van der Waals surface area contributed by atoms with Gasteiger partial charge in [-0.3, -0.25) is 19.2 Å². The molecule has 1 aliphatic heterocycles. The molecule has 0 spiro atoms. The summed E-state index contributed by atoms with van der Waals surface area (Å²) < 4.78 is 32.7. The Morgan fingerprint density at radius 2 is 1.42 bits per heavy atom. The van der Waals surface area contributed by atoms with Gasteiger partial charge in [0.1, 0.15) is 30.3 Å². The van der Waals surface area contributed by atoms with Gasteiger partial charge in [0.25, 0.3) is 0 Å². The molecule has 1 heterocycles. The van der Waals surface area contributed by atoms with Crippen molar-refractivity contribution in [3.05, 3.63) is 24.3 Å². The van der Waals surface area contributed by atoms with Crippen LogP contribution in [0, 0.1) is 0 Å². The molecule has 1 aliphatic rings. The molecule has 1 fully saturated rings. The monoisotopic (exact) mass is 469 g/mol. The van der Waals surface area contributed by atoms with E-state index in [2.05, 4.69) is 5.48 Å². The van der Waals surface area contributed by atoms with Gasteiger partial charge in [-0.2, -0.15) is 0 Å². The average Bonchev–Trinajstić information content (AvgIpc) is 2.73. The third kappa shape index (κ3) is 7.91. The highest BCUT2D eigenvalue weighted by Crippen LogP contribution is 2.29. The molecular formula is C21H27NO11. The second-order valence-electron chi connectivity index (χ2n) is 7.02. The number of ether oxygens (including phenoxy) is 6. The molecular weight excluding hydrogens is 442 g/mol. The van der Waals surface area contributed by atoms with Gasteiger partial charge >= 0.3 is 23.9 Å². The fourth-order valence-corrected chi connectivity index (χ4v) is 3.07. The summed E-state index contributed by atoms with van der Waals surface area (Å²) in [5, 5.41) is 0. The maximum Gasteiger partial charge on any atom is 0.321 e. The van der Waals surface area contributed by atoms with Gasteiger partial charge in [0.2, 0.25) is 6.29 Å². The van der Waals surface area contributed by atoms with Gasteiger partial charge in [-0.15, -0.1) is 5.48 Å². The van der Waals surface area contributed by atoms with E-state index in [1.165, 1.54) is 14.0 Å². The van der Waals surface area contributed by atoms with Gasteiger partial charge in [0, 0.05) is 27.7 Å². The molecule has 12 heteroatoms. The summed E-state index contributed by atoms with van der Waals surface area (Å²) in [5.74, 6) is -1.77. The fraction of sp³-hybridized carbons (Fsp3) is 0.524. The van der Waals surface area contributed by atoms with E-state index in [9.17, 15) is 19.2 Å². The van der Waals surface area contributed by atoms with E-state index in [1.807, 2.05) is 0 Å². The topological polar surface area (TPSA) is 145 Å². The number of benzene rings is 1. The van der Waals surface area contributed by atoms with Crippen molar-refractivity contribution >= 4 is 23.9 Å². The highest BCUT2D eigenvalue weighted by atomic mass is 16.7. The van der Waals surface area contributed by atoms with Crippen molar-refractivity contribution in [2.24, 2.45) is 0 Å². The quantitative estimate of drug-likeness (QED) is 0.308. The minimum atomic E-state index is -1.23. The first kappa shape index (κ1) is 25.9. The van der Waals surface area contributed by atoms with Gasteiger partial charge in [0.05, 0.1) is 7.11 Å². The van der Waals surface area contributed by atoms with Crippen LogP contribution >= 0.6 is 0 Å². The second kappa shape index (κ2) is 12.0. The number of hydrogen-bond donors (Lipinski definition) is 1. The molecule has 0 aliphatic carbocycles. The Kier molecular flexibility index (Phi) is 9.43. The summed E-state index contributed by atoms with van der Waals surface area (Å²) >= 11 is 0. The molecule has 5 atom stereocenters. The van der Waals surface area contributed by atoms with Crippen molar-refractivity contribution in [1.29, 1.82) is 0 Å². The van der Waals surface area contributed by atoms with Gasteiger partial charge in [-0.1, -0.05) is 0 Å². The first-order chi connectivity index (χ1) is 15.6. The predicted molar refractivity (Wildman–Crippen MR) is 109 cm³/mol. The lowest BCUT2D eigenvalue weighted by Crippen LogP contribution is -2.66. The van der Waals surface area contributed by atoms with Crippen molar-refractivity contribution in [3.8, 4) is 11.5 Å². The maximum atomic E-state index is 11.9. The smallest absolute Gasteiger partial charge is 0.321 e. The molecule has 0 bridgehead atoms. The Labute approximate surface area is 190 Å². The maximum absolute atomic E-state index is 11.9. The molecule has 0 saturated carbocycles. The third-order valence-electron chi connectivity index (χ3n) is 4.35. The molecule has 33 heavy (non-hydrogen) atoms. The standard InChI is InChI=1S/C21H27NO11/c1-11(23)28-10-17-19(29-12(2)24)20(30-13(3)25)18(22-33-14(4)26)21(32-17)31-16-8-6-15(27-5)7-9-16/h6-9,17-22H,10H2,1-5H3/t17-,18-,19+,20-,21-/m1/s1. The van der Waals surface area contributed by atoms with E-state index >= 15 is 0 Å². The van der Waals surface area contributed by atoms with Gasteiger partial charge in [-0.25, -0.2) is 0 Å². The molecule has 0 unspecified atom stereocenters. The van der Waals surface area contributed by atoms with Crippen molar-refractivity contribution in [1.82, 2.24) is 5.48 Å². The summed E-state index contributed by atoms with van der Waals surface area (Å²) in [7, 11) is 1.51. The number of hydroxylamine groups is 1. The third-order valence-corrected chi connectivity index (χ3v) is 4.35. The Morgan fingerprint density at radius 3 is 1.94 bits per heavy atom. The molecule has 0 aromatic heterocycles. The number of rotatable bonds is 9. The molecule has 0 amide bonds. The number of methoxy groups -OCH3 is 1. The van der Waals surface area contributed by atoms with Crippen molar-refractivity contribution in [2.75, 3.05) is 13.7 Å². The van der Waals surface area contributed by atoms with Crippen LogP contribution < -0.4 is 15.0 Å². The summed E-state index contributed by atoms with van der Waals surface area (Å²) in [4.78, 5) is 51.3. The highest BCUT2D eigenvalue weighted by molar-refractivity contribution is 5.68. The molecule has 2 rings (SSSR count). The normalized spacial score (nSPS) is 24.2. The van der Waals surface area contributed by atoms with Crippen LogP contribution in [0.5, 0.6) is 11.5 Å². The van der Waals surface area contributed by atoms with E-state index in [0.717, 1.165) is 20.8 Å². The zero-order valence-electron chi connectivity index (χ0n) is 18.9. The first-order valence-electron chi connectivity index (χ1n) is 9.97. The van der Waals surface area contributed by atoms with Crippen molar-refractivity contribution in [3.63, 3.8) is 0 Å². The minimum absolute atomic E-state index is 0.326. The Morgan fingerprint density at radius 1 is 0.848 bits per heavy atom. The lowest BCUT2D eigenvalue weighted by molar-refractivity contribution is -0.268. The van der Waals surface area contributed by atoms with Crippen LogP contribution in [0.15, 0.2) is 24.3 Å². The van der Waals surface area contributed by atoms with E-state index in [1.54, 1.807) is 24.3 Å². The molecule has 182 valence electrons. The number of carbonyl (C=O) groups is 4. The molecule has 0 radical (unpaired) electrons. The van der Waals surface area contributed by atoms with E-state index in [-0.39, 0.29) is 6.61 Å². The second-order valence-corrected chi connectivity index (χ2v) is 7.02. The van der Waals surface area contributed by atoms with Crippen LogP contribution in [0.25, 0.3) is 0 Å². The van der Waals surface area contributed by atoms with Crippen LogP contribution in [0.4, 0.5) is 0 Å². The molecule has 1 N–H and O–H groups in total. The van der Waals surface area contributed by atoms with Crippen LogP contribution in [0.3, 0.4) is 0 Å². The van der Waals surface area contributed by atoms with Gasteiger partial charge < -0.3 is 33.3 Å².